The number of hydrogen-bond donors (Lipinski definition) is 0. The SMILES string of the molecule is ICCCC1=CC=CC=CC=C1. The van der Waals surface area contributed by atoms with Crippen LogP contribution in [0.1, 0.15) is 12.8 Å². The second kappa shape index (κ2) is 6.23. The van der Waals surface area contributed by atoms with Crippen LogP contribution in [0.5, 0.6) is 0 Å². The molecule has 0 aromatic rings. The van der Waals surface area contributed by atoms with Gasteiger partial charge >= 0.3 is 0 Å². The fourth-order valence-electron chi connectivity index (χ4n) is 1.04. The molecule has 0 saturated heterocycles. The molecule has 1 aliphatic carbocycles. The summed E-state index contributed by atoms with van der Waals surface area (Å²) in [5.74, 6) is 0. The molecule has 0 radical (unpaired) electrons. The molecule has 0 heterocycles. The van der Waals surface area contributed by atoms with E-state index in [1.54, 1.807) is 0 Å². The van der Waals surface area contributed by atoms with E-state index in [0.717, 1.165) is 0 Å². The van der Waals surface area contributed by atoms with E-state index in [9.17, 15) is 0 Å². The molecule has 0 amide bonds. The van der Waals surface area contributed by atoms with Crippen molar-refractivity contribution in [1.29, 1.82) is 0 Å². The molecule has 0 aromatic carbocycles. The summed E-state index contributed by atoms with van der Waals surface area (Å²) in [5, 5.41) is 0. The highest BCUT2D eigenvalue weighted by Crippen LogP contribution is 2.10. The van der Waals surface area contributed by atoms with Gasteiger partial charge < -0.3 is 0 Å². The third kappa shape index (κ3) is 3.90. The lowest BCUT2D eigenvalue weighted by Crippen LogP contribution is -1.81. The van der Waals surface area contributed by atoms with Gasteiger partial charge in [0.25, 0.3) is 0 Å². The zero-order valence-electron chi connectivity index (χ0n) is 7.04. The Labute approximate surface area is 87.9 Å². The Kier molecular flexibility index (Phi) is 5.08. The molecular weight excluding hydrogens is 259 g/mol. The monoisotopic (exact) mass is 272 g/mol. The lowest BCUT2D eigenvalue weighted by molar-refractivity contribution is 0.950. The lowest BCUT2D eigenvalue weighted by Gasteiger charge is -1.98. The van der Waals surface area contributed by atoms with Crippen molar-refractivity contribution in [3.8, 4) is 0 Å². The summed E-state index contributed by atoms with van der Waals surface area (Å²) in [5.41, 5.74) is 1.42. The van der Waals surface area contributed by atoms with Crippen LogP contribution in [0.3, 0.4) is 0 Å². The first-order chi connectivity index (χ1) is 5.93. The molecular formula is C11H13I. The summed E-state index contributed by atoms with van der Waals surface area (Å²) in [7, 11) is 0. The molecule has 0 aromatic heterocycles. The number of alkyl halides is 1. The number of hydrogen-bond acceptors (Lipinski definition) is 0. The summed E-state index contributed by atoms with van der Waals surface area (Å²) in [6.07, 6.45) is 17.2. The van der Waals surface area contributed by atoms with E-state index >= 15 is 0 Å². The fraction of sp³-hybridized carbons (Fsp3) is 0.273. The van der Waals surface area contributed by atoms with E-state index in [2.05, 4.69) is 59.0 Å². The Morgan fingerprint density at radius 3 is 2.58 bits per heavy atom. The van der Waals surface area contributed by atoms with Crippen LogP contribution < -0.4 is 0 Å². The number of allylic oxidation sites excluding steroid dienone is 8. The summed E-state index contributed by atoms with van der Waals surface area (Å²) in [4.78, 5) is 0. The zero-order chi connectivity index (χ0) is 8.65. The molecule has 0 nitrogen and oxygen atoms in total. The molecule has 0 aliphatic heterocycles. The maximum Gasteiger partial charge on any atom is -0.000156 e. The predicted octanol–water partition coefficient (Wildman–Crippen LogP) is 3.81. The molecule has 1 heteroatoms. The molecule has 0 unspecified atom stereocenters. The highest BCUT2D eigenvalue weighted by atomic mass is 127. The van der Waals surface area contributed by atoms with Crippen molar-refractivity contribution in [3.05, 3.63) is 48.1 Å². The standard InChI is InChI=1S/C11H13I/c12-10-6-9-11-7-4-2-1-3-5-8-11/h1-5,7-8H,6,9-10H2. The first kappa shape index (κ1) is 9.78. The first-order valence-electron chi connectivity index (χ1n) is 4.20. The summed E-state index contributed by atoms with van der Waals surface area (Å²) in [6, 6.07) is 0. The van der Waals surface area contributed by atoms with E-state index in [1.807, 2.05) is 6.08 Å². The van der Waals surface area contributed by atoms with Crippen molar-refractivity contribution < 1.29 is 0 Å². The molecule has 1 rings (SSSR count). The van der Waals surface area contributed by atoms with Gasteiger partial charge in [-0.15, -0.1) is 0 Å². The van der Waals surface area contributed by atoms with Crippen LogP contribution in [-0.4, -0.2) is 4.43 Å². The molecule has 0 bridgehead atoms. The Bertz CT molecular complexity index is 231. The van der Waals surface area contributed by atoms with Crippen LogP contribution in [0.25, 0.3) is 0 Å². The third-order valence-electron chi connectivity index (χ3n) is 1.66. The minimum absolute atomic E-state index is 1.19. The summed E-state index contributed by atoms with van der Waals surface area (Å²) >= 11 is 2.42. The Hall–Kier alpha value is -0.310. The van der Waals surface area contributed by atoms with Gasteiger partial charge in [-0.2, -0.15) is 0 Å². The van der Waals surface area contributed by atoms with Gasteiger partial charge in [0.1, 0.15) is 0 Å². The Morgan fingerprint density at radius 2 is 1.75 bits per heavy atom. The topological polar surface area (TPSA) is 0 Å². The molecule has 0 spiro atoms. The highest BCUT2D eigenvalue weighted by Gasteiger charge is 1.90. The zero-order valence-corrected chi connectivity index (χ0v) is 9.20. The van der Waals surface area contributed by atoms with Crippen molar-refractivity contribution in [2.75, 3.05) is 4.43 Å². The molecule has 0 saturated carbocycles. The van der Waals surface area contributed by atoms with Crippen LogP contribution in [0, 0.1) is 0 Å². The van der Waals surface area contributed by atoms with Crippen molar-refractivity contribution in [3.63, 3.8) is 0 Å². The van der Waals surface area contributed by atoms with Gasteiger partial charge in [-0.3, -0.25) is 0 Å². The molecule has 0 N–H and O–H groups in total. The van der Waals surface area contributed by atoms with E-state index in [1.165, 1.54) is 22.8 Å². The molecule has 64 valence electrons. The van der Waals surface area contributed by atoms with E-state index in [0.29, 0.717) is 0 Å². The van der Waals surface area contributed by atoms with E-state index in [-0.39, 0.29) is 0 Å². The van der Waals surface area contributed by atoms with E-state index in [4.69, 9.17) is 0 Å². The first-order valence-corrected chi connectivity index (χ1v) is 5.72. The number of halogens is 1. The molecule has 0 fully saturated rings. The largest absolute Gasteiger partial charge is 0.0864 e. The summed E-state index contributed by atoms with van der Waals surface area (Å²) in [6.45, 7) is 0. The van der Waals surface area contributed by atoms with Crippen LogP contribution in [0.2, 0.25) is 0 Å². The van der Waals surface area contributed by atoms with Crippen LogP contribution in [0.15, 0.2) is 48.1 Å². The quantitative estimate of drug-likeness (QED) is 0.541. The molecule has 1 aliphatic rings. The van der Waals surface area contributed by atoms with Crippen molar-refractivity contribution in [1.82, 2.24) is 0 Å². The minimum atomic E-state index is 1.19. The van der Waals surface area contributed by atoms with Crippen molar-refractivity contribution in [2.45, 2.75) is 12.8 Å². The molecule has 0 atom stereocenters. The van der Waals surface area contributed by atoms with Gasteiger partial charge in [-0.25, -0.2) is 0 Å². The van der Waals surface area contributed by atoms with Crippen LogP contribution >= 0.6 is 22.6 Å². The Morgan fingerprint density at radius 1 is 1.00 bits per heavy atom. The van der Waals surface area contributed by atoms with Gasteiger partial charge in [0.2, 0.25) is 0 Å². The fourth-order valence-corrected chi connectivity index (χ4v) is 1.43. The van der Waals surface area contributed by atoms with Gasteiger partial charge in [0, 0.05) is 0 Å². The summed E-state index contributed by atoms with van der Waals surface area (Å²) < 4.78 is 1.24. The minimum Gasteiger partial charge on any atom is -0.0864 e. The van der Waals surface area contributed by atoms with Gasteiger partial charge in [-0.05, 0) is 22.8 Å². The second-order valence-electron chi connectivity index (χ2n) is 2.66. The van der Waals surface area contributed by atoms with Crippen LogP contribution in [-0.2, 0) is 0 Å². The predicted molar refractivity (Wildman–Crippen MR) is 63.6 cm³/mol. The molecule has 12 heavy (non-hydrogen) atoms. The van der Waals surface area contributed by atoms with Gasteiger partial charge in [0.15, 0.2) is 0 Å². The average molecular weight is 272 g/mol. The van der Waals surface area contributed by atoms with Crippen LogP contribution in [0.4, 0.5) is 0 Å². The number of rotatable bonds is 3. The third-order valence-corrected chi connectivity index (χ3v) is 2.43. The normalized spacial score (nSPS) is 15.6. The van der Waals surface area contributed by atoms with Gasteiger partial charge in [0.05, 0.1) is 0 Å². The average Bonchev–Trinajstić information content (AvgIpc) is 2.02. The van der Waals surface area contributed by atoms with Gasteiger partial charge in [-0.1, -0.05) is 65.1 Å². The maximum absolute atomic E-state index is 2.42. The smallest absolute Gasteiger partial charge is 0.000156 e. The highest BCUT2D eigenvalue weighted by molar-refractivity contribution is 14.1. The van der Waals surface area contributed by atoms with E-state index < -0.39 is 0 Å². The van der Waals surface area contributed by atoms with Crippen molar-refractivity contribution >= 4 is 22.6 Å². The Balaban J connectivity index is 2.50. The second-order valence-corrected chi connectivity index (χ2v) is 3.74. The maximum atomic E-state index is 2.42. The van der Waals surface area contributed by atoms with Crippen molar-refractivity contribution in [2.24, 2.45) is 0 Å². The lowest BCUT2D eigenvalue weighted by atomic mass is 10.1.